The van der Waals surface area contributed by atoms with E-state index in [-0.39, 0.29) is 5.97 Å². The van der Waals surface area contributed by atoms with Crippen molar-refractivity contribution in [1.29, 1.82) is 0 Å². The molecule has 0 amide bonds. The van der Waals surface area contributed by atoms with E-state index in [1.165, 1.54) is 20.0 Å². The maximum atomic E-state index is 12.0. The lowest BCUT2D eigenvalue weighted by Crippen LogP contribution is -2.52. The van der Waals surface area contributed by atoms with Crippen LogP contribution < -0.4 is 5.32 Å². The fourth-order valence-electron chi connectivity index (χ4n) is 2.42. The van der Waals surface area contributed by atoms with Crippen LogP contribution in [-0.2, 0) is 14.3 Å². The molecule has 5 heteroatoms. The number of ether oxygens (including phenoxy) is 2. The van der Waals surface area contributed by atoms with Crippen LogP contribution in [0.3, 0.4) is 0 Å². The SMILES string of the molecule is COC(=O)C(C)(CCN(C)CCOCC1CC1)NC1CC1. The molecule has 2 rings (SSSR count). The van der Waals surface area contributed by atoms with Crippen LogP contribution in [0.15, 0.2) is 0 Å². The van der Waals surface area contributed by atoms with Crippen molar-refractivity contribution in [3.05, 3.63) is 0 Å². The van der Waals surface area contributed by atoms with Crippen molar-refractivity contribution in [3.8, 4) is 0 Å². The number of nitrogens with zero attached hydrogens (tertiary/aromatic N) is 1. The van der Waals surface area contributed by atoms with Crippen molar-refractivity contribution in [1.82, 2.24) is 10.2 Å². The van der Waals surface area contributed by atoms with Gasteiger partial charge >= 0.3 is 5.97 Å². The van der Waals surface area contributed by atoms with Crippen molar-refractivity contribution in [2.24, 2.45) is 5.92 Å². The lowest BCUT2D eigenvalue weighted by Gasteiger charge is -2.30. The molecule has 0 aromatic heterocycles. The molecule has 0 radical (unpaired) electrons. The summed E-state index contributed by atoms with van der Waals surface area (Å²) in [6.07, 6.45) is 5.75. The van der Waals surface area contributed by atoms with Crippen molar-refractivity contribution in [3.63, 3.8) is 0 Å². The van der Waals surface area contributed by atoms with Gasteiger partial charge < -0.3 is 14.4 Å². The van der Waals surface area contributed by atoms with Gasteiger partial charge in [-0.25, -0.2) is 0 Å². The highest BCUT2D eigenvalue weighted by Crippen LogP contribution is 2.28. The Labute approximate surface area is 128 Å². The Morgan fingerprint density at radius 1 is 1.29 bits per heavy atom. The van der Waals surface area contributed by atoms with Gasteiger partial charge in [-0.05, 0) is 52.0 Å². The lowest BCUT2D eigenvalue weighted by atomic mass is 9.97. The molecule has 5 nitrogen and oxygen atoms in total. The Balaban J connectivity index is 1.65. The average molecular weight is 298 g/mol. The van der Waals surface area contributed by atoms with E-state index < -0.39 is 5.54 Å². The molecule has 1 unspecified atom stereocenters. The molecule has 2 aliphatic carbocycles. The third-order valence-corrected chi connectivity index (χ3v) is 4.40. The van der Waals surface area contributed by atoms with Crippen LogP contribution in [0.4, 0.5) is 0 Å². The molecular formula is C16H30N2O3. The van der Waals surface area contributed by atoms with Crippen LogP contribution in [-0.4, -0.2) is 62.9 Å². The molecule has 2 aliphatic rings. The Hall–Kier alpha value is -0.650. The zero-order chi connectivity index (χ0) is 15.3. The number of methoxy groups -OCH3 is 1. The fourth-order valence-corrected chi connectivity index (χ4v) is 2.42. The first-order valence-electron chi connectivity index (χ1n) is 8.16. The third kappa shape index (κ3) is 5.93. The Bertz CT molecular complexity index is 342. The number of carbonyl (C=O) groups excluding carboxylic acids is 1. The quantitative estimate of drug-likeness (QED) is 0.462. The average Bonchev–Trinajstić information content (AvgIpc) is 3.35. The second kappa shape index (κ2) is 7.56. The van der Waals surface area contributed by atoms with E-state index >= 15 is 0 Å². The van der Waals surface area contributed by atoms with E-state index in [9.17, 15) is 4.79 Å². The van der Waals surface area contributed by atoms with E-state index in [2.05, 4.69) is 17.3 Å². The highest BCUT2D eigenvalue weighted by Gasteiger charge is 2.39. The summed E-state index contributed by atoms with van der Waals surface area (Å²) in [6, 6.07) is 0.487. The van der Waals surface area contributed by atoms with Crippen LogP contribution in [0.1, 0.15) is 39.0 Å². The van der Waals surface area contributed by atoms with Crippen LogP contribution in [0, 0.1) is 5.92 Å². The summed E-state index contributed by atoms with van der Waals surface area (Å²) in [5.74, 6) is 0.661. The molecule has 21 heavy (non-hydrogen) atoms. The monoisotopic (exact) mass is 298 g/mol. The predicted molar refractivity (Wildman–Crippen MR) is 82.2 cm³/mol. The molecule has 1 N–H and O–H groups in total. The molecule has 0 heterocycles. The van der Waals surface area contributed by atoms with Gasteiger partial charge in [-0.15, -0.1) is 0 Å². The molecule has 0 spiro atoms. The summed E-state index contributed by atoms with van der Waals surface area (Å²) in [6.45, 7) is 5.41. The summed E-state index contributed by atoms with van der Waals surface area (Å²) in [4.78, 5) is 14.2. The summed E-state index contributed by atoms with van der Waals surface area (Å²) in [5, 5.41) is 3.43. The number of carbonyl (C=O) groups is 1. The van der Waals surface area contributed by atoms with Gasteiger partial charge in [0.15, 0.2) is 0 Å². The molecule has 1 atom stereocenters. The number of hydrogen-bond acceptors (Lipinski definition) is 5. The zero-order valence-corrected chi connectivity index (χ0v) is 13.7. The molecule has 122 valence electrons. The molecule has 0 aliphatic heterocycles. The maximum Gasteiger partial charge on any atom is 0.325 e. The standard InChI is InChI=1S/C16H30N2O3/c1-16(15(19)20-3,17-14-6-7-14)8-9-18(2)10-11-21-12-13-4-5-13/h13-14,17H,4-12H2,1-3H3. The van der Waals surface area contributed by atoms with Gasteiger partial charge in [0.05, 0.1) is 13.7 Å². The second-order valence-corrected chi connectivity index (χ2v) is 6.81. The van der Waals surface area contributed by atoms with Crippen molar-refractivity contribution in [2.75, 3.05) is 40.5 Å². The van der Waals surface area contributed by atoms with E-state index in [0.717, 1.165) is 51.5 Å². The van der Waals surface area contributed by atoms with E-state index in [1.54, 1.807) is 0 Å². The normalized spacial score (nSPS) is 21.3. The summed E-state index contributed by atoms with van der Waals surface area (Å²) in [5.41, 5.74) is -0.570. The largest absolute Gasteiger partial charge is 0.468 e. The first-order valence-corrected chi connectivity index (χ1v) is 8.16. The summed E-state index contributed by atoms with van der Waals surface area (Å²) in [7, 11) is 3.54. The number of esters is 1. The fraction of sp³-hybridized carbons (Fsp3) is 0.938. The Kier molecular flexibility index (Phi) is 6.02. The Morgan fingerprint density at radius 2 is 2.00 bits per heavy atom. The van der Waals surface area contributed by atoms with Gasteiger partial charge in [-0.3, -0.25) is 10.1 Å². The molecule has 2 fully saturated rings. The maximum absolute atomic E-state index is 12.0. The molecule has 0 aromatic carbocycles. The number of hydrogen-bond donors (Lipinski definition) is 1. The van der Waals surface area contributed by atoms with Crippen molar-refractivity contribution < 1.29 is 14.3 Å². The minimum Gasteiger partial charge on any atom is -0.468 e. The van der Waals surface area contributed by atoms with Gasteiger partial charge in [0, 0.05) is 25.7 Å². The third-order valence-electron chi connectivity index (χ3n) is 4.40. The molecule has 0 aromatic rings. The first-order chi connectivity index (χ1) is 10.0. The van der Waals surface area contributed by atoms with Gasteiger partial charge in [0.1, 0.15) is 5.54 Å². The first kappa shape index (κ1) is 16.7. The Morgan fingerprint density at radius 3 is 2.57 bits per heavy atom. The molecular weight excluding hydrogens is 268 g/mol. The number of nitrogens with one attached hydrogen (secondary N) is 1. The summed E-state index contributed by atoms with van der Waals surface area (Å²) >= 11 is 0. The predicted octanol–water partition coefficient (Wildman–Crippen LogP) is 1.42. The zero-order valence-electron chi connectivity index (χ0n) is 13.7. The van der Waals surface area contributed by atoms with Gasteiger partial charge in [-0.1, -0.05) is 0 Å². The van der Waals surface area contributed by atoms with Gasteiger partial charge in [0.25, 0.3) is 0 Å². The second-order valence-electron chi connectivity index (χ2n) is 6.81. The topological polar surface area (TPSA) is 50.8 Å². The van der Waals surface area contributed by atoms with Crippen LogP contribution in [0.25, 0.3) is 0 Å². The smallest absolute Gasteiger partial charge is 0.325 e. The van der Waals surface area contributed by atoms with Crippen LogP contribution in [0.2, 0.25) is 0 Å². The van der Waals surface area contributed by atoms with Gasteiger partial charge in [0.2, 0.25) is 0 Å². The van der Waals surface area contributed by atoms with E-state index in [4.69, 9.17) is 9.47 Å². The molecule has 0 saturated heterocycles. The van der Waals surface area contributed by atoms with Crippen LogP contribution in [0.5, 0.6) is 0 Å². The summed E-state index contributed by atoms with van der Waals surface area (Å²) < 4.78 is 10.6. The minimum atomic E-state index is -0.570. The lowest BCUT2D eigenvalue weighted by molar-refractivity contribution is -0.148. The highest BCUT2D eigenvalue weighted by molar-refractivity contribution is 5.80. The number of likely N-dealkylation sites (N-methyl/N-ethyl adjacent to an activating group) is 1. The van der Waals surface area contributed by atoms with Crippen LogP contribution >= 0.6 is 0 Å². The van der Waals surface area contributed by atoms with Crippen molar-refractivity contribution in [2.45, 2.75) is 50.6 Å². The molecule has 0 bridgehead atoms. The minimum absolute atomic E-state index is 0.159. The molecule has 2 saturated carbocycles. The number of rotatable bonds is 11. The van der Waals surface area contributed by atoms with E-state index in [0.29, 0.717) is 6.04 Å². The van der Waals surface area contributed by atoms with E-state index in [1.807, 2.05) is 6.92 Å². The van der Waals surface area contributed by atoms with Gasteiger partial charge in [-0.2, -0.15) is 0 Å². The van der Waals surface area contributed by atoms with Crippen molar-refractivity contribution >= 4 is 5.97 Å². The highest BCUT2D eigenvalue weighted by atomic mass is 16.5.